The fraction of sp³-hybridized carbons (Fsp3) is 0.444. The molecule has 1 aromatic carbocycles. The normalized spacial score (nSPS) is 15.1. The third kappa shape index (κ3) is 4.12. The smallest absolute Gasteiger partial charge is 0.310 e. The van der Waals surface area contributed by atoms with Crippen LogP contribution in [0.2, 0.25) is 0 Å². The lowest BCUT2D eigenvalue weighted by Crippen LogP contribution is -2.35. The van der Waals surface area contributed by atoms with E-state index >= 15 is 0 Å². The second-order valence-electron chi connectivity index (χ2n) is 6.49. The molecule has 1 N–H and O–H groups in total. The van der Waals surface area contributed by atoms with Crippen LogP contribution in [0.1, 0.15) is 41.6 Å². The summed E-state index contributed by atoms with van der Waals surface area (Å²) in [5.41, 5.74) is 0.375. The van der Waals surface area contributed by atoms with Crippen molar-refractivity contribution >= 4 is 0 Å². The van der Waals surface area contributed by atoms with E-state index in [0.29, 0.717) is 49.1 Å². The molecule has 0 amide bonds. The van der Waals surface area contributed by atoms with Gasteiger partial charge in [0.05, 0.1) is 11.3 Å². The van der Waals surface area contributed by atoms with Gasteiger partial charge in [-0.2, -0.15) is 13.2 Å². The fourth-order valence-electron chi connectivity index (χ4n) is 3.20. The molecule has 26 heavy (non-hydrogen) atoms. The van der Waals surface area contributed by atoms with E-state index in [1.54, 1.807) is 0 Å². The number of aromatic amines is 1. The molecule has 0 radical (unpaired) electrons. The van der Waals surface area contributed by atoms with Gasteiger partial charge < -0.3 is 4.98 Å². The number of nitrogens with zero attached hydrogens (tertiary/aromatic N) is 2. The van der Waals surface area contributed by atoms with Crippen LogP contribution in [0.15, 0.2) is 23.0 Å². The van der Waals surface area contributed by atoms with Crippen molar-refractivity contribution in [1.29, 1.82) is 0 Å². The zero-order valence-electron chi connectivity index (χ0n) is 14.3. The molecule has 0 spiro atoms. The van der Waals surface area contributed by atoms with Gasteiger partial charge in [-0.1, -0.05) is 6.92 Å². The molecule has 4 nitrogen and oxygen atoms in total. The Kier molecular flexibility index (Phi) is 5.13. The zero-order valence-corrected chi connectivity index (χ0v) is 14.3. The number of aryl methyl sites for hydroxylation is 1. The number of aromatic nitrogens is 2. The van der Waals surface area contributed by atoms with Crippen LogP contribution in [0.3, 0.4) is 0 Å². The van der Waals surface area contributed by atoms with Crippen molar-refractivity contribution < 1.29 is 17.6 Å². The van der Waals surface area contributed by atoms with Crippen LogP contribution in [0.4, 0.5) is 17.6 Å². The molecule has 2 heterocycles. The predicted molar refractivity (Wildman–Crippen MR) is 88.1 cm³/mol. The third-order valence-electron chi connectivity index (χ3n) is 4.38. The van der Waals surface area contributed by atoms with E-state index in [9.17, 15) is 22.4 Å². The Labute approximate surface area is 147 Å². The summed E-state index contributed by atoms with van der Waals surface area (Å²) in [5, 5.41) is 0. The van der Waals surface area contributed by atoms with Gasteiger partial charge in [-0.3, -0.25) is 9.69 Å². The second kappa shape index (κ2) is 7.19. The summed E-state index contributed by atoms with van der Waals surface area (Å²) in [4.78, 5) is 21.3. The molecule has 0 saturated carbocycles. The van der Waals surface area contributed by atoms with Gasteiger partial charge in [-0.25, -0.2) is 9.37 Å². The molecule has 3 rings (SSSR count). The first-order valence-corrected chi connectivity index (χ1v) is 8.46. The van der Waals surface area contributed by atoms with Gasteiger partial charge >= 0.3 is 6.18 Å². The van der Waals surface area contributed by atoms with Gasteiger partial charge in [0.25, 0.3) is 5.56 Å². The van der Waals surface area contributed by atoms with Crippen LogP contribution in [-0.4, -0.2) is 21.4 Å². The lowest BCUT2D eigenvalue weighted by molar-refractivity contribution is -0.137. The number of H-pyrrole nitrogens is 1. The summed E-state index contributed by atoms with van der Waals surface area (Å²) >= 11 is 0. The van der Waals surface area contributed by atoms with Crippen LogP contribution in [0.5, 0.6) is 0 Å². The number of halogens is 4. The summed E-state index contributed by atoms with van der Waals surface area (Å²) < 4.78 is 52.1. The van der Waals surface area contributed by atoms with Gasteiger partial charge in [0.2, 0.25) is 0 Å². The summed E-state index contributed by atoms with van der Waals surface area (Å²) in [6.07, 6.45) is -2.63. The first-order chi connectivity index (χ1) is 12.3. The summed E-state index contributed by atoms with van der Waals surface area (Å²) in [6, 6.07) is 2.57. The Morgan fingerprint density at radius 3 is 2.73 bits per heavy atom. The Morgan fingerprint density at radius 2 is 2.04 bits per heavy atom. The highest BCUT2D eigenvalue weighted by Crippen LogP contribution is 2.31. The molecule has 0 bridgehead atoms. The minimum Gasteiger partial charge on any atom is -0.310 e. The molecule has 8 heteroatoms. The Bertz CT molecular complexity index is 860. The molecule has 0 atom stereocenters. The van der Waals surface area contributed by atoms with Crippen molar-refractivity contribution in [2.24, 2.45) is 0 Å². The molecule has 1 aliphatic heterocycles. The molecule has 140 valence electrons. The molecule has 1 aliphatic rings. The Hall–Kier alpha value is -2.22. The topological polar surface area (TPSA) is 49.0 Å². The summed E-state index contributed by atoms with van der Waals surface area (Å²) in [7, 11) is 0. The number of hydrogen-bond acceptors (Lipinski definition) is 3. The van der Waals surface area contributed by atoms with E-state index in [2.05, 4.69) is 9.97 Å². The average molecular weight is 369 g/mol. The van der Waals surface area contributed by atoms with Crippen molar-refractivity contribution in [3.8, 4) is 0 Å². The highest BCUT2D eigenvalue weighted by atomic mass is 19.4. The van der Waals surface area contributed by atoms with Gasteiger partial charge in [0.15, 0.2) is 0 Å². The average Bonchev–Trinajstić information content (AvgIpc) is 2.53. The van der Waals surface area contributed by atoms with Gasteiger partial charge in [-0.15, -0.1) is 0 Å². The molecular formula is C18H19F4N3O. The molecular weight excluding hydrogens is 350 g/mol. The first kappa shape index (κ1) is 18.6. The lowest BCUT2D eigenvalue weighted by Gasteiger charge is -2.28. The fourth-order valence-corrected chi connectivity index (χ4v) is 3.20. The number of nitrogens with one attached hydrogen (secondary N) is 1. The van der Waals surface area contributed by atoms with E-state index in [0.717, 1.165) is 18.6 Å². The quantitative estimate of drug-likeness (QED) is 0.840. The van der Waals surface area contributed by atoms with Crippen molar-refractivity contribution in [3.63, 3.8) is 0 Å². The number of benzene rings is 1. The van der Waals surface area contributed by atoms with E-state index in [1.807, 2.05) is 11.8 Å². The van der Waals surface area contributed by atoms with Crippen LogP contribution in [0, 0.1) is 5.82 Å². The maximum absolute atomic E-state index is 13.6. The monoisotopic (exact) mass is 369 g/mol. The van der Waals surface area contributed by atoms with Crippen molar-refractivity contribution in [2.75, 3.05) is 6.54 Å². The summed E-state index contributed by atoms with van der Waals surface area (Å²) in [6.45, 7) is 3.00. The predicted octanol–water partition coefficient (Wildman–Crippen LogP) is 3.44. The lowest BCUT2D eigenvalue weighted by atomic mass is 10.0. The zero-order chi connectivity index (χ0) is 18.9. The van der Waals surface area contributed by atoms with E-state index in [-0.39, 0.29) is 17.7 Å². The Morgan fingerprint density at radius 1 is 1.27 bits per heavy atom. The SMILES string of the molecule is CCCc1nc2c(c(=O)[nH]1)CCN(Cc1cc(F)cc(C(F)(F)F)c1)C2. The molecule has 0 saturated heterocycles. The number of rotatable bonds is 4. The Balaban J connectivity index is 1.82. The van der Waals surface area contributed by atoms with Gasteiger partial charge in [0, 0.05) is 31.6 Å². The van der Waals surface area contributed by atoms with E-state index in [1.165, 1.54) is 0 Å². The second-order valence-corrected chi connectivity index (χ2v) is 6.49. The molecule has 1 aromatic heterocycles. The van der Waals surface area contributed by atoms with Crippen LogP contribution in [-0.2, 0) is 32.1 Å². The minimum atomic E-state index is -4.59. The first-order valence-electron chi connectivity index (χ1n) is 8.46. The molecule has 0 fully saturated rings. The van der Waals surface area contributed by atoms with Gasteiger partial charge in [0.1, 0.15) is 11.6 Å². The number of alkyl halides is 3. The van der Waals surface area contributed by atoms with Crippen molar-refractivity contribution in [1.82, 2.24) is 14.9 Å². The third-order valence-corrected chi connectivity index (χ3v) is 4.38. The molecule has 0 aliphatic carbocycles. The van der Waals surface area contributed by atoms with E-state index in [4.69, 9.17) is 0 Å². The maximum Gasteiger partial charge on any atom is 0.416 e. The van der Waals surface area contributed by atoms with Gasteiger partial charge in [-0.05, 0) is 36.6 Å². The minimum absolute atomic E-state index is 0.150. The summed E-state index contributed by atoms with van der Waals surface area (Å²) in [5.74, 6) is -0.296. The number of fused-ring (bicyclic) bond motifs is 1. The molecule has 2 aromatic rings. The largest absolute Gasteiger partial charge is 0.416 e. The standard InChI is InChI=1S/C18H19F4N3O/c1-2-3-16-23-15-10-25(5-4-14(15)17(26)24-16)9-11-6-12(18(20,21)22)8-13(19)7-11/h6-8H,2-5,9-10H2,1H3,(H,23,24,26). The van der Waals surface area contributed by atoms with Crippen molar-refractivity contribution in [2.45, 2.75) is 45.5 Å². The van der Waals surface area contributed by atoms with Crippen LogP contribution in [0.25, 0.3) is 0 Å². The highest BCUT2D eigenvalue weighted by Gasteiger charge is 2.31. The van der Waals surface area contributed by atoms with Crippen LogP contribution >= 0.6 is 0 Å². The van der Waals surface area contributed by atoms with Crippen LogP contribution < -0.4 is 5.56 Å². The van der Waals surface area contributed by atoms with Crippen molar-refractivity contribution in [3.05, 3.63) is 62.6 Å². The van der Waals surface area contributed by atoms with E-state index < -0.39 is 17.6 Å². The molecule has 0 unspecified atom stereocenters. The highest BCUT2D eigenvalue weighted by molar-refractivity contribution is 5.27. The maximum atomic E-state index is 13.6. The number of hydrogen-bond donors (Lipinski definition) is 1.